The van der Waals surface area contributed by atoms with Gasteiger partial charge in [-0.1, -0.05) is 23.7 Å². The van der Waals surface area contributed by atoms with Crippen LogP contribution in [-0.4, -0.2) is 27.3 Å². The quantitative estimate of drug-likeness (QED) is 0.508. The number of aryl methyl sites for hydroxylation is 1. The number of benzene rings is 1. The molecule has 1 N–H and O–H groups in total. The van der Waals surface area contributed by atoms with Crippen LogP contribution in [0, 0.1) is 18.3 Å². The average Bonchev–Trinajstić information content (AvgIpc) is 3.35. The van der Waals surface area contributed by atoms with Crippen molar-refractivity contribution in [2.75, 3.05) is 7.11 Å². The van der Waals surface area contributed by atoms with Gasteiger partial charge in [0.15, 0.2) is 5.82 Å². The van der Waals surface area contributed by atoms with Gasteiger partial charge >= 0.3 is 0 Å². The Morgan fingerprint density at radius 3 is 2.71 bits per heavy atom. The molecule has 0 aliphatic rings. The van der Waals surface area contributed by atoms with E-state index in [1.54, 1.807) is 19.4 Å². The number of aromatic nitrogens is 4. The van der Waals surface area contributed by atoms with Crippen LogP contribution in [0.3, 0.4) is 0 Å². The van der Waals surface area contributed by atoms with Crippen molar-refractivity contribution in [2.45, 2.75) is 6.92 Å². The maximum Gasteiger partial charge on any atom is 0.213 e. The molecule has 0 aliphatic heterocycles. The van der Waals surface area contributed by atoms with E-state index in [1.165, 1.54) is 17.7 Å². The number of pyridine rings is 1. The van der Waals surface area contributed by atoms with E-state index < -0.39 is 0 Å². The van der Waals surface area contributed by atoms with Crippen LogP contribution in [0.1, 0.15) is 11.1 Å². The van der Waals surface area contributed by atoms with Crippen LogP contribution >= 0.6 is 22.9 Å². The van der Waals surface area contributed by atoms with Gasteiger partial charge in [-0.15, -0.1) is 11.3 Å². The molecule has 0 saturated carbocycles. The number of nitrogens with one attached hydrogen (secondary N) is 1. The number of H-pyrrole nitrogens is 1. The van der Waals surface area contributed by atoms with Crippen LogP contribution in [0.4, 0.5) is 0 Å². The summed E-state index contributed by atoms with van der Waals surface area (Å²) >= 11 is 8.00. The number of hydrogen-bond donors (Lipinski definition) is 1. The largest absolute Gasteiger partial charge is 0.481 e. The lowest BCUT2D eigenvalue weighted by Gasteiger charge is -2.07. The summed E-state index contributed by atoms with van der Waals surface area (Å²) in [5, 5.41) is 17.5. The Kier molecular flexibility index (Phi) is 4.82. The summed E-state index contributed by atoms with van der Waals surface area (Å²) in [5.41, 5.74) is 3.92. The molecule has 8 heteroatoms. The normalized spacial score (nSPS) is 10.6. The summed E-state index contributed by atoms with van der Waals surface area (Å²) in [5.74, 6) is 1.06. The van der Waals surface area contributed by atoms with Gasteiger partial charge < -0.3 is 4.74 Å². The molecule has 0 aliphatic carbocycles. The zero-order valence-corrected chi connectivity index (χ0v) is 16.6. The van der Waals surface area contributed by atoms with Crippen molar-refractivity contribution in [3.63, 3.8) is 0 Å². The Bertz CT molecular complexity index is 1190. The molecule has 0 radical (unpaired) electrons. The van der Waals surface area contributed by atoms with Gasteiger partial charge in [-0.2, -0.15) is 10.4 Å². The fourth-order valence-corrected chi connectivity index (χ4v) is 4.50. The number of aromatic amines is 1. The number of halogens is 1. The topological polar surface area (TPSA) is 87.5 Å². The smallest absolute Gasteiger partial charge is 0.213 e. The van der Waals surface area contributed by atoms with E-state index in [1.807, 2.05) is 31.2 Å². The van der Waals surface area contributed by atoms with Crippen LogP contribution in [-0.2, 0) is 0 Å². The Morgan fingerprint density at radius 1 is 1.18 bits per heavy atom. The van der Waals surface area contributed by atoms with E-state index in [0.717, 1.165) is 32.0 Å². The molecule has 1 aromatic carbocycles. The van der Waals surface area contributed by atoms with Gasteiger partial charge in [0, 0.05) is 28.4 Å². The van der Waals surface area contributed by atoms with Gasteiger partial charge in [-0.25, -0.2) is 9.97 Å². The Morgan fingerprint density at radius 2 is 2.04 bits per heavy atom. The van der Waals surface area contributed by atoms with Crippen LogP contribution in [0.5, 0.6) is 5.88 Å². The van der Waals surface area contributed by atoms with E-state index in [-0.39, 0.29) is 0 Å². The number of nitriles is 1. The van der Waals surface area contributed by atoms with E-state index in [0.29, 0.717) is 22.3 Å². The highest BCUT2D eigenvalue weighted by Crippen LogP contribution is 2.48. The summed E-state index contributed by atoms with van der Waals surface area (Å²) in [6, 6.07) is 11.8. The Hall–Kier alpha value is -3.21. The molecule has 0 saturated heterocycles. The summed E-state index contributed by atoms with van der Waals surface area (Å²) < 4.78 is 5.24. The monoisotopic (exact) mass is 407 g/mol. The standard InChI is InChI=1S/C20H14ClN5OS/c1-11-3-4-13(15(21)7-11)17-14(9-22)18(12-5-6-23-16(8-12)27-2)28-19(17)20-24-10-25-26-20/h3-8,10H,1-2H3,(H,24,25,26). The van der Waals surface area contributed by atoms with Gasteiger partial charge in [0.2, 0.25) is 5.88 Å². The number of methoxy groups -OCH3 is 1. The second kappa shape index (κ2) is 7.43. The lowest BCUT2D eigenvalue weighted by molar-refractivity contribution is 0.398. The predicted molar refractivity (Wildman–Crippen MR) is 109 cm³/mol. The van der Waals surface area contributed by atoms with Gasteiger partial charge in [-0.3, -0.25) is 5.10 Å². The molecule has 4 rings (SSSR count). The third-order valence-corrected chi connectivity index (χ3v) is 5.81. The molecule has 4 aromatic rings. The third-order valence-electron chi connectivity index (χ3n) is 4.25. The van der Waals surface area contributed by atoms with Crippen LogP contribution in [0.25, 0.3) is 32.3 Å². The molecule has 0 spiro atoms. The lowest BCUT2D eigenvalue weighted by Crippen LogP contribution is -1.89. The van der Waals surface area contributed by atoms with Crippen molar-refractivity contribution in [1.29, 1.82) is 5.26 Å². The fraction of sp³-hybridized carbons (Fsp3) is 0.100. The molecule has 0 amide bonds. The molecular formula is C20H14ClN5OS. The van der Waals surface area contributed by atoms with Crippen molar-refractivity contribution in [3.8, 4) is 44.2 Å². The van der Waals surface area contributed by atoms with Gasteiger partial charge in [0.1, 0.15) is 12.4 Å². The molecule has 138 valence electrons. The van der Waals surface area contributed by atoms with Crippen molar-refractivity contribution >= 4 is 22.9 Å². The predicted octanol–water partition coefficient (Wildman–Crippen LogP) is 5.10. The molecule has 3 heterocycles. The van der Waals surface area contributed by atoms with Crippen LogP contribution in [0.15, 0.2) is 42.9 Å². The van der Waals surface area contributed by atoms with Crippen molar-refractivity contribution in [2.24, 2.45) is 0 Å². The molecule has 0 fully saturated rings. The average molecular weight is 408 g/mol. The Labute approximate surface area is 170 Å². The lowest BCUT2D eigenvalue weighted by atomic mass is 9.97. The fourth-order valence-electron chi connectivity index (χ4n) is 2.96. The summed E-state index contributed by atoms with van der Waals surface area (Å²) in [6.07, 6.45) is 3.10. The van der Waals surface area contributed by atoms with E-state index >= 15 is 0 Å². The molecule has 3 aromatic heterocycles. The minimum atomic E-state index is 0.478. The maximum absolute atomic E-state index is 10.0. The van der Waals surface area contributed by atoms with Gasteiger partial charge in [0.25, 0.3) is 0 Å². The van der Waals surface area contributed by atoms with E-state index in [4.69, 9.17) is 16.3 Å². The molecule has 6 nitrogen and oxygen atoms in total. The summed E-state index contributed by atoms with van der Waals surface area (Å²) in [4.78, 5) is 10.0. The van der Waals surface area contributed by atoms with E-state index in [9.17, 15) is 5.26 Å². The number of nitrogens with zero attached hydrogens (tertiary/aromatic N) is 4. The minimum Gasteiger partial charge on any atom is -0.481 e. The maximum atomic E-state index is 10.0. The SMILES string of the molecule is COc1cc(-c2sc(-c3ncn[nH]3)c(-c3ccc(C)cc3Cl)c2C#N)ccn1. The zero-order chi connectivity index (χ0) is 19.7. The Balaban J connectivity index is 2.03. The van der Waals surface area contributed by atoms with Crippen molar-refractivity contribution in [3.05, 3.63) is 59.0 Å². The van der Waals surface area contributed by atoms with Crippen LogP contribution < -0.4 is 4.74 Å². The molecular weight excluding hydrogens is 394 g/mol. The second-order valence-corrected chi connectivity index (χ2v) is 7.45. The highest BCUT2D eigenvalue weighted by atomic mass is 35.5. The van der Waals surface area contributed by atoms with Crippen molar-refractivity contribution in [1.82, 2.24) is 20.2 Å². The molecule has 28 heavy (non-hydrogen) atoms. The third kappa shape index (κ3) is 3.13. The number of thiophene rings is 1. The number of hydrogen-bond acceptors (Lipinski definition) is 6. The number of rotatable bonds is 4. The van der Waals surface area contributed by atoms with Crippen LogP contribution in [0.2, 0.25) is 5.02 Å². The zero-order valence-electron chi connectivity index (χ0n) is 15.0. The number of ether oxygens (including phenoxy) is 1. The summed E-state index contributed by atoms with van der Waals surface area (Å²) in [7, 11) is 1.56. The second-order valence-electron chi connectivity index (χ2n) is 6.03. The first-order valence-electron chi connectivity index (χ1n) is 8.32. The van der Waals surface area contributed by atoms with Crippen molar-refractivity contribution < 1.29 is 4.74 Å². The first-order chi connectivity index (χ1) is 13.6. The minimum absolute atomic E-state index is 0.478. The highest BCUT2D eigenvalue weighted by Gasteiger charge is 2.25. The van der Waals surface area contributed by atoms with Gasteiger partial charge in [-0.05, 0) is 30.2 Å². The summed E-state index contributed by atoms with van der Waals surface area (Å²) in [6.45, 7) is 1.97. The first kappa shape index (κ1) is 18.2. The molecule has 0 atom stereocenters. The van der Waals surface area contributed by atoms with Gasteiger partial charge in [0.05, 0.1) is 22.4 Å². The molecule has 0 bridgehead atoms. The first-order valence-corrected chi connectivity index (χ1v) is 9.51. The van der Waals surface area contributed by atoms with E-state index in [2.05, 4.69) is 26.2 Å². The molecule has 0 unspecified atom stereocenters. The highest BCUT2D eigenvalue weighted by molar-refractivity contribution is 7.19.